The Balaban J connectivity index is 1.71. The second kappa shape index (κ2) is 17.3. The molecule has 0 unspecified atom stereocenters. The van der Waals surface area contributed by atoms with E-state index in [-0.39, 0.29) is 42.7 Å². The summed E-state index contributed by atoms with van der Waals surface area (Å²) in [6.45, 7) is 1.000. The second-order valence-corrected chi connectivity index (χ2v) is 11.1. The number of phenolic OH excluding ortho intramolecular Hbond substituents is 1. The van der Waals surface area contributed by atoms with Crippen LogP contribution < -0.4 is 26.4 Å². The standard InChI is InChI=1S/C32H34ClN5O10/c1-18-11-12-23(27(28(18)41)38(46)47)31(44)36-24(32(45)37-25(29(34)42)15-19-6-4-8-21(33)14-19)10-2-3-13-35-30(43)20-7-5-9-22(16-20)48-17-26(39)40/h4-9,11-12,14,16,24-25,41H,2-3,10,13,15,17H2,1H3,(H2,34,42)(H,35,43)(H,36,44)(H,37,45)(H,39,40)/t24-,25-/m0/s1. The van der Waals surface area contributed by atoms with Crippen molar-refractivity contribution in [2.24, 2.45) is 5.73 Å². The molecule has 3 aromatic rings. The van der Waals surface area contributed by atoms with E-state index in [1.165, 1.54) is 37.3 Å². The number of amides is 4. The van der Waals surface area contributed by atoms with Gasteiger partial charge in [0.15, 0.2) is 12.4 Å². The lowest BCUT2D eigenvalue weighted by molar-refractivity contribution is -0.386. The summed E-state index contributed by atoms with van der Waals surface area (Å²) < 4.78 is 5.09. The second-order valence-electron chi connectivity index (χ2n) is 10.7. The first-order valence-corrected chi connectivity index (χ1v) is 15.0. The van der Waals surface area contributed by atoms with Gasteiger partial charge in [0.05, 0.1) is 4.92 Å². The van der Waals surface area contributed by atoms with Crippen LogP contribution in [0.1, 0.15) is 51.1 Å². The molecule has 0 aromatic heterocycles. The van der Waals surface area contributed by atoms with Gasteiger partial charge in [-0.15, -0.1) is 0 Å². The number of carbonyl (C=O) groups is 5. The third-order valence-electron chi connectivity index (χ3n) is 7.05. The molecule has 0 aliphatic carbocycles. The van der Waals surface area contributed by atoms with Gasteiger partial charge >= 0.3 is 11.7 Å². The predicted octanol–water partition coefficient (Wildman–Crippen LogP) is 2.64. The number of aromatic hydroxyl groups is 1. The molecule has 3 rings (SSSR count). The highest BCUT2D eigenvalue weighted by Gasteiger charge is 2.30. The zero-order valence-corrected chi connectivity index (χ0v) is 26.5. The Labute approximate surface area is 279 Å². The largest absolute Gasteiger partial charge is 0.502 e. The van der Waals surface area contributed by atoms with E-state index in [0.29, 0.717) is 17.0 Å². The van der Waals surface area contributed by atoms with Crippen molar-refractivity contribution in [1.82, 2.24) is 16.0 Å². The van der Waals surface area contributed by atoms with Crippen LogP contribution in [0.15, 0.2) is 60.7 Å². The monoisotopic (exact) mass is 683 g/mol. The number of nitrogens with zero attached hydrogens (tertiary/aromatic N) is 1. The summed E-state index contributed by atoms with van der Waals surface area (Å²) in [4.78, 5) is 73.0. The number of carbonyl (C=O) groups excluding carboxylic acids is 4. The molecule has 15 nitrogen and oxygen atoms in total. The highest BCUT2D eigenvalue weighted by molar-refractivity contribution is 6.30. The minimum absolute atomic E-state index is 0.00577. The van der Waals surface area contributed by atoms with Gasteiger partial charge in [-0.05, 0) is 73.7 Å². The number of hydrogen-bond acceptors (Lipinski definition) is 9. The number of carboxylic acids is 1. The Morgan fingerprint density at radius 2 is 1.71 bits per heavy atom. The van der Waals surface area contributed by atoms with Crippen molar-refractivity contribution in [3.8, 4) is 11.5 Å². The van der Waals surface area contributed by atoms with Crippen molar-refractivity contribution in [2.45, 2.75) is 44.7 Å². The van der Waals surface area contributed by atoms with Crippen molar-refractivity contribution in [1.29, 1.82) is 0 Å². The van der Waals surface area contributed by atoms with E-state index in [2.05, 4.69) is 16.0 Å². The number of benzene rings is 3. The number of aliphatic carboxylic acids is 1. The number of phenols is 1. The van der Waals surface area contributed by atoms with Crippen LogP contribution in [-0.4, -0.2) is 70.0 Å². The fourth-order valence-corrected chi connectivity index (χ4v) is 4.81. The Hall–Kier alpha value is -5.70. The van der Waals surface area contributed by atoms with Crippen LogP contribution in [0.2, 0.25) is 5.02 Å². The van der Waals surface area contributed by atoms with Crippen LogP contribution in [0.3, 0.4) is 0 Å². The molecule has 7 N–H and O–H groups in total. The molecule has 0 spiro atoms. The van der Waals surface area contributed by atoms with Gasteiger partial charge in [-0.3, -0.25) is 29.3 Å². The van der Waals surface area contributed by atoms with Crippen LogP contribution >= 0.6 is 11.6 Å². The molecule has 0 saturated carbocycles. The van der Waals surface area contributed by atoms with Gasteiger partial charge in [-0.2, -0.15) is 0 Å². The average Bonchev–Trinajstić information content (AvgIpc) is 3.03. The quantitative estimate of drug-likeness (QED) is 0.0690. The number of nitro benzene ring substituents is 1. The van der Waals surface area contributed by atoms with E-state index in [0.717, 1.165) is 6.07 Å². The van der Waals surface area contributed by atoms with Gasteiger partial charge in [0.1, 0.15) is 23.4 Å². The van der Waals surface area contributed by atoms with Crippen LogP contribution in [0, 0.1) is 17.0 Å². The number of nitrogens with two attached hydrogens (primary N) is 1. The van der Waals surface area contributed by atoms with E-state index in [1.807, 2.05) is 0 Å². The maximum absolute atomic E-state index is 13.4. The summed E-state index contributed by atoms with van der Waals surface area (Å²) in [5, 5.41) is 38.8. The minimum Gasteiger partial charge on any atom is -0.502 e. The smallest absolute Gasteiger partial charge is 0.341 e. The van der Waals surface area contributed by atoms with E-state index in [1.54, 1.807) is 24.3 Å². The zero-order valence-electron chi connectivity index (χ0n) is 25.7. The van der Waals surface area contributed by atoms with E-state index >= 15 is 0 Å². The number of ether oxygens (including phenoxy) is 1. The molecule has 4 amide bonds. The summed E-state index contributed by atoms with van der Waals surface area (Å²) in [5.74, 6) is -4.80. The number of halogens is 1. The van der Waals surface area contributed by atoms with Crippen LogP contribution in [0.5, 0.6) is 11.5 Å². The number of aryl methyl sites for hydroxylation is 1. The molecule has 0 bridgehead atoms. The van der Waals surface area contributed by atoms with Gasteiger partial charge < -0.3 is 36.6 Å². The predicted molar refractivity (Wildman–Crippen MR) is 173 cm³/mol. The molecule has 254 valence electrons. The van der Waals surface area contributed by atoms with Crippen molar-refractivity contribution in [2.75, 3.05) is 13.2 Å². The number of rotatable bonds is 17. The molecule has 2 atom stereocenters. The Bertz CT molecular complexity index is 1700. The maximum atomic E-state index is 13.4. The number of hydrogen-bond donors (Lipinski definition) is 6. The number of nitro groups is 1. The van der Waals surface area contributed by atoms with Gasteiger partial charge in [-0.25, -0.2) is 4.79 Å². The van der Waals surface area contributed by atoms with Crippen molar-refractivity contribution in [3.05, 3.63) is 98.1 Å². The zero-order chi connectivity index (χ0) is 35.4. The van der Waals surface area contributed by atoms with Crippen molar-refractivity contribution >= 4 is 46.9 Å². The lowest BCUT2D eigenvalue weighted by atomic mass is 10.0. The van der Waals surface area contributed by atoms with Crippen LogP contribution in [-0.2, 0) is 20.8 Å². The molecule has 0 radical (unpaired) electrons. The maximum Gasteiger partial charge on any atom is 0.341 e. The normalized spacial score (nSPS) is 11.9. The van der Waals surface area contributed by atoms with E-state index in [9.17, 15) is 39.2 Å². The fraction of sp³-hybridized carbons (Fsp3) is 0.281. The lowest BCUT2D eigenvalue weighted by Gasteiger charge is -2.22. The Kier molecular flexibility index (Phi) is 13.2. The average molecular weight is 684 g/mol. The van der Waals surface area contributed by atoms with Gasteiger partial charge in [0, 0.05) is 23.6 Å². The SMILES string of the molecule is Cc1ccc(C(=O)N[C@@H](CCCCNC(=O)c2cccc(OCC(=O)O)c2)C(=O)N[C@@H](Cc2cccc(Cl)c2)C(N)=O)c([N+](=O)[O-])c1O. The number of carboxylic acid groups (broad SMARTS) is 1. The summed E-state index contributed by atoms with van der Waals surface area (Å²) in [5.41, 5.74) is 5.24. The molecule has 16 heteroatoms. The number of unbranched alkanes of at least 4 members (excludes halogenated alkanes) is 1. The van der Waals surface area contributed by atoms with E-state index < -0.39 is 70.2 Å². The molecule has 0 aliphatic heterocycles. The summed E-state index contributed by atoms with van der Waals surface area (Å²) >= 11 is 6.03. The Morgan fingerprint density at radius 3 is 2.38 bits per heavy atom. The van der Waals surface area contributed by atoms with Crippen molar-refractivity contribution < 1.29 is 43.8 Å². The molecular weight excluding hydrogens is 650 g/mol. The molecule has 0 fully saturated rings. The molecule has 0 heterocycles. The lowest BCUT2D eigenvalue weighted by Crippen LogP contribution is -2.53. The molecule has 3 aromatic carbocycles. The molecule has 0 aliphatic rings. The van der Waals surface area contributed by atoms with Gasteiger partial charge in [-0.1, -0.05) is 35.9 Å². The summed E-state index contributed by atoms with van der Waals surface area (Å²) in [6, 6.07) is 12.5. The summed E-state index contributed by atoms with van der Waals surface area (Å²) in [6.07, 6.45) is 0.569. The first-order chi connectivity index (χ1) is 22.8. The molecule has 0 saturated heterocycles. The third kappa shape index (κ3) is 10.7. The van der Waals surface area contributed by atoms with E-state index in [4.69, 9.17) is 27.2 Å². The van der Waals surface area contributed by atoms with Crippen molar-refractivity contribution in [3.63, 3.8) is 0 Å². The third-order valence-corrected chi connectivity index (χ3v) is 7.29. The first kappa shape index (κ1) is 36.8. The van der Waals surface area contributed by atoms with Crippen LogP contribution in [0.4, 0.5) is 5.69 Å². The number of primary amides is 1. The Morgan fingerprint density at radius 1 is 0.979 bits per heavy atom. The topological polar surface area (TPSA) is 240 Å². The van der Waals surface area contributed by atoms with Gasteiger partial charge in [0.2, 0.25) is 11.8 Å². The first-order valence-electron chi connectivity index (χ1n) is 14.6. The van der Waals surface area contributed by atoms with Gasteiger partial charge in [0.25, 0.3) is 11.8 Å². The van der Waals surface area contributed by atoms with Crippen LogP contribution in [0.25, 0.3) is 0 Å². The number of nitrogens with one attached hydrogen (secondary N) is 3. The molecule has 48 heavy (non-hydrogen) atoms. The fourth-order valence-electron chi connectivity index (χ4n) is 4.60. The summed E-state index contributed by atoms with van der Waals surface area (Å²) in [7, 11) is 0. The minimum atomic E-state index is -1.31. The highest BCUT2D eigenvalue weighted by atomic mass is 35.5. The highest BCUT2D eigenvalue weighted by Crippen LogP contribution is 2.33. The molecular formula is C32H34ClN5O10.